The van der Waals surface area contributed by atoms with Crippen molar-refractivity contribution in [2.75, 3.05) is 11.1 Å². The van der Waals surface area contributed by atoms with Crippen molar-refractivity contribution in [1.29, 1.82) is 0 Å². The van der Waals surface area contributed by atoms with Crippen molar-refractivity contribution >= 4 is 23.5 Å². The summed E-state index contributed by atoms with van der Waals surface area (Å²) < 4.78 is 29.3. The first-order valence-electron chi connectivity index (χ1n) is 8.02. The maximum absolute atomic E-state index is 13.8. The van der Waals surface area contributed by atoms with Crippen LogP contribution >= 0.6 is 11.8 Å². The molecule has 2 aromatic rings. The van der Waals surface area contributed by atoms with E-state index in [4.69, 9.17) is 0 Å². The van der Waals surface area contributed by atoms with Crippen LogP contribution in [0.3, 0.4) is 0 Å². The third kappa shape index (κ3) is 4.81. The average Bonchev–Trinajstić information content (AvgIpc) is 2.85. The number of carbonyl (C=O) groups is 1. The highest BCUT2D eigenvalue weighted by atomic mass is 32.2. The number of hydrogen-bond donors (Lipinski definition) is 1. The number of rotatable bonds is 5. The van der Waals surface area contributed by atoms with Gasteiger partial charge in [0, 0.05) is 16.9 Å². The summed E-state index contributed by atoms with van der Waals surface area (Å²) in [5.74, 6) is -0.730. The summed E-state index contributed by atoms with van der Waals surface area (Å²) in [5, 5.41) is 6.75. The van der Waals surface area contributed by atoms with Gasteiger partial charge in [-0.25, -0.2) is 13.5 Å². The minimum atomic E-state index is -0.596. The van der Waals surface area contributed by atoms with Gasteiger partial charge in [-0.1, -0.05) is 6.07 Å². The van der Waals surface area contributed by atoms with Gasteiger partial charge >= 0.3 is 0 Å². The Morgan fingerprint density at radius 1 is 1.32 bits per heavy atom. The molecule has 1 N–H and O–H groups in total. The van der Waals surface area contributed by atoms with Gasteiger partial charge in [-0.3, -0.25) is 4.79 Å². The summed E-state index contributed by atoms with van der Waals surface area (Å²) in [7, 11) is 0. The molecule has 0 saturated carbocycles. The number of amides is 1. The van der Waals surface area contributed by atoms with E-state index in [1.807, 2.05) is 27.7 Å². The number of thioether (sulfide) groups is 1. The lowest BCUT2D eigenvalue weighted by Crippen LogP contribution is -2.27. The molecule has 0 fully saturated rings. The molecule has 4 nitrogen and oxygen atoms in total. The molecule has 0 aliphatic heterocycles. The number of nitrogens with zero attached hydrogens (tertiary/aromatic N) is 2. The van der Waals surface area contributed by atoms with Crippen LogP contribution in [0.5, 0.6) is 0 Å². The normalized spacial score (nSPS) is 12.9. The van der Waals surface area contributed by atoms with Crippen LogP contribution in [-0.4, -0.2) is 21.4 Å². The number of hydrogen-bond acceptors (Lipinski definition) is 3. The summed E-state index contributed by atoms with van der Waals surface area (Å²) in [6.45, 7) is 9.52. The molecule has 1 amide bonds. The fourth-order valence-corrected chi connectivity index (χ4v) is 3.33. The second-order valence-corrected chi connectivity index (χ2v) is 8.22. The molecule has 0 radical (unpaired) electrons. The van der Waals surface area contributed by atoms with E-state index in [1.54, 1.807) is 17.7 Å². The van der Waals surface area contributed by atoms with Crippen LogP contribution < -0.4 is 5.32 Å². The summed E-state index contributed by atoms with van der Waals surface area (Å²) in [6, 6.07) is 5.57. The van der Waals surface area contributed by atoms with Gasteiger partial charge in [0.05, 0.1) is 17.0 Å². The fourth-order valence-electron chi connectivity index (χ4n) is 2.46. The van der Waals surface area contributed by atoms with Crippen molar-refractivity contribution < 1.29 is 13.6 Å². The van der Waals surface area contributed by atoms with Crippen molar-refractivity contribution in [3.8, 4) is 0 Å². The standard InChI is InChI=1S/C18H23F2N3OS/c1-11-9-15(23(22-11)18(3,4)5)21-16(24)10-25-12(2)17-13(19)7-6-8-14(17)20/h6-9,12H,10H2,1-5H3,(H,21,24)/t12-/m1/s1. The molecule has 25 heavy (non-hydrogen) atoms. The van der Waals surface area contributed by atoms with E-state index < -0.39 is 16.9 Å². The van der Waals surface area contributed by atoms with Gasteiger partial charge in [-0.15, -0.1) is 11.8 Å². The highest BCUT2D eigenvalue weighted by molar-refractivity contribution is 8.00. The molecule has 0 spiro atoms. The van der Waals surface area contributed by atoms with E-state index in [0.717, 1.165) is 5.69 Å². The quantitative estimate of drug-likeness (QED) is 0.836. The van der Waals surface area contributed by atoms with Gasteiger partial charge in [0.25, 0.3) is 0 Å². The van der Waals surface area contributed by atoms with Crippen LogP contribution in [0.1, 0.15) is 44.2 Å². The Morgan fingerprint density at radius 3 is 2.48 bits per heavy atom. The second kappa shape index (κ2) is 7.56. The number of anilines is 1. The van der Waals surface area contributed by atoms with E-state index >= 15 is 0 Å². The van der Waals surface area contributed by atoms with Crippen molar-refractivity contribution in [3.63, 3.8) is 0 Å². The third-order valence-electron chi connectivity index (χ3n) is 3.61. The second-order valence-electron chi connectivity index (χ2n) is 6.89. The van der Waals surface area contributed by atoms with Gasteiger partial charge < -0.3 is 5.32 Å². The smallest absolute Gasteiger partial charge is 0.235 e. The molecular weight excluding hydrogens is 344 g/mol. The van der Waals surface area contributed by atoms with Gasteiger partial charge in [-0.05, 0) is 46.8 Å². The zero-order valence-electron chi connectivity index (χ0n) is 15.1. The van der Waals surface area contributed by atoms with E-state index in [9.17, 15) is 13.6 Å². The van der Waals surface area contributed by atoms with Crippen LogP contribution in [-0.2, 0) is 10.3 Å². The van der Waals surface area contributed by atoms with Gasteiger partial charge in [0.2, 0.25) is 5.91 Å². The van der Waals surface area contributed by atoms with Crippen LogP contribution in [0.25, 0.3) is 0 Å². The maximum atomic E-state index is 13.8. The minimum absolute atomic E-state index is 0.00382. The van der Waals surface area contributed by atoms with E-state index in [2.05, 4.69) is 10.4 Å². The number of aromatic nitrogens is 2. The lowest BCUT2D eigenvalue weighted by Gasteiger charge is -2.22. The highest BCUT2D eigenvalue weighted by Gasteiger charge is 2.21. The molecule has 0 saturated heterocycles. The fraction of sp³-hybridized carbons (Fsp3) is 0.444. The molecular formula is C18H23F2N3OS. The Hall–Kier alpha value is -1.89. The Labute approximate surface area is 151 Å². The van der Waals surface area contributed by atoms with Gasteiger partial charge in [0.15, 0.2) is 0 Å². The number of nitrogens with one attached hydrogen (secondary N) is 1. The average molecular weight is 367 g/mol. The first-order chi connectivity index (χ1) is 11.6. The minimum Gasteiger partial charge on any atom is -0.310 e. The molecule has 1 atom stereocenters. The van der Waals surface area contributed by atoms with E-state index in [-0.39, 0.29) is 22.8 Å². The maximum Gasteiger partial charge on any atom is 0.235 e. The first-order valence-corrected chi connectivity index (χ1v) is 9.07. The molecule has 136 valence electrons. The molecule has 0 bridgehead atoms. The first kappa shape index (κ1) is 19.4. The number of aryl methyl sites for hydroxylation is 1. The zero-order valence-corrected chi connectivity index (χ0v) is 15.9. The molecule has 7 heteroatoms. The van der Waals surface area contributed by atoms with Gasteiger partial charge in [-0.2, -0.15) is 5.10 Å². The van der Waals surface area contributed by atoms with E-state index in [0.29, 0.717) is 5.82 Å². The van der Waals surface area contributed by atoms with Crippen LogP contribution in [0.2, 0.25) is 0 Å². The summed E-state index contributed by atoms with van der Waals surface area (Å²) >= 11 is 1.18. The van der Waals surface area contributed by atoms with Crippen molar-refractivity contribution in [2.45, 2.75) is 45.4 Å². The predicted molar refractivity (Wildman–Crippen MR) is 97.8 cm³/mol. The summed E-state index contributed by atoms with van der Waals surface area (Å²) in [6.07, 6.45) is 0. The van der Waals surface area contributed by atoms with Gasteiger partial charge in [0.1, 0.15) is 17.5 Å². The van der Waals surface area contributed by atoms with E-state index in [1.165, 1.54) is 30.0 Å². The Kier molecular flexibility index (Phi) is 5.87. The zero-order chi connectivity index (χ0) is 18.8. The molecule has 0 aliphatic rings. The predicted octanol–water partition coefficient (Wildman–Crippen LogP) is 4.66. The molecule has 1 heterocycles. The summed E-state index contributed by atoms with van der Waals surface area (Å²) in [4.78, 5) is 12.2. The van der Waals surface area contributed by atoms with Crippen LogP contribution in [0, 0.1) is 18.6 Å². The third-order valence-corrected chi connectivity index (χ3v) is 4.77. The summed E-state index contributed by atoms with van der Waals surface area (Å²) in [5.41, 5.74) is 0.531. The monoisotopic (exact) mass is 367 g/mol. The lowest BCUT2D eigenvalue weighted by molar-refractivity contribution is -0.113. The van der Waals surface area contributed by atoms with Crippen LogP contribution in [0.15, 0.2) is 24.3 Å². The molecule has 1 aromatic heterocycles. The largest absolute Gasteiger partial charge is 0.310 e. The van der Waals surface area contributed by atoms with Crippen molar-refractivity contribution in [1.82, 2.24) is 9.78 Å². The number of halogens is 2. The Balaban J connectivity index is 2.02. The Morgan fingerprint density at radius 2 is 1.92 bits per heavy atom. The van der Waals surface area contributed by atoms with Crippen molar-refractivity contribution in [3.05, 3.63) is 47.2 Å². The Bertz CT molecular complexity index is 748. The highest BCUT2D eigenvalue weighted by Crippen LogP contribution is 2.32. The lowest BCUT2D eigenvalue weighted by atomic mass is 10.1. The number of benzene rings is 1. The van der Waals surface area contributed by atoms with Crippen molar-refractivity contribution in [2.24, 2.45) is 0 Å². The molecule has 1 aromatic carbocycles. The number of carbonyl (C=O) groups excluding carboxylic acids is 1. The molecule has 0 aliphatic carbocycles. The van der Waals surface area contributed by atoms with Crippen LogP contribution in [0.4, 0.5) is 14.6 Å². The molecule has 0 unspecified atom stereocenters. The molecule has 2 rings (SSSR count). The topological polar surface area (TPSA) is 46.9 Å². The SMILES string of the molecule is Cc1cc(NC(=O)CS[C@H](C)c2c(F)cccc2F)n(C(C)(C)C)n1.